The first-order valence-corrected chi connectivity index (χ1v) is 7.70. The Morgan fingerprint density at radius 2 is 2.20 bits per heavy atom. The van der Waals surface area contributed by atoms with E-state index in [0.29, 0.717) is 30.2 Å². The molecule has 1 amide bonds. The maximum atomic E-state index is 13.4. The Morgan fingerprint density at radius 1 is 1.45 bits per heavy atom. The first kappa shape index (κ1) is 16.6. The molecule has 5 nitrogen and oxygen atoms in total. The third kappa shape index (κ3) is 6.12. The van der Waals surface area contributed by atoms with Gasteiger partial charge in [0.2, 0.25) is 5.91 Å². The van der Waals surface area contributed by atoms with Crippen molar-refractivity contribution in [1.82, 2.24) is 0 Å². The van der Waals surface area contributed by atoms with Crippen LogP contribution in [0.3, 0.4) is 0 Å². The summed E-state index contributed by atoms with van der Waals surface area (Å²) in [5.41, 5.74) is 5.96. The van der Waals surface area contributed by atoms with Crippen LogP contribution in [0.2, 0.25) is 0 Å². The second-order valence-electron chi connectivity index (χ2n) is 4.23. The van der Waals surface area contributed by atoms with Crippen LogP contribution in [-0.4, -0.2) is 35.3 Å². The van der Waals surface area contributed by atoms with Crippen LogP contribution < -0.4 is 11.1 Å². The van der Waals surface area contributed by atoms with Crippen molar-refractivity contribution in [3.63, 3.8) is 0 Å². The minimum Gasteiger partial charge on any atom is -0.399 e. The van der Waals surface area contributed by atoms with Gasteiger partial charge in [0.05, 0.1) is 12.3 Å². The number of carbonyl (C=O) groups is 1. The summed E-state index contributed by atoms with van der Waals surface area (Å²) >= 11 is 0. The minimum absolute atomic E-state index is 0.0653. The molecule has 1 unspecified atom stereocenters. The monoisotopic (exact) mass is 302 g/mol. The van der Waals surface area contributed by atoms with Crippen LogP contribution in [0.4, 0.5) is 15.8 Å². The zero-order valence-corrected chi connectivity index (χ0v) is 12.2. The Labute approximate surface area is 120 Å². The molecule has 0 saturated carbocycles. The molecule has 0 aromatic heterocycles. The Kier molecular flexibility index (Phi) is 7.17. The summed E-state index contributed by atoms with van der Waals surface area (Å²) in [7, 11) is 0.556. The van der Waals surface area contributed by atoms with Crippen LogP contribution in [0.25, 0.3) is 0 Å². The fourth-order valence-corrected chi connectivity index (χ4v) is 2.55. The summed E-state index contributed by atoms with van der Waals surface area (Å²) in [5.74, 6) is 0.0347. The van der Waals surface area contributed by atoms with Crippen LogP contribution in [-0.2, 0) is 20.3 Å². The van der Waals surface area contributed by atoms with Crippen molar-refractivity contribution in [2.75, 3.05) is 36.3 Å². The van der Waals surface area contributed by atoms with Gasteiger partial charge in [0.25, 0.3) is 0 Å². The SMILES string of the molecule is COCCS(=O)CCCC(=O)Nc1cc(N)ccc1F. The molecule has 0 bridgehead atoms. The minimum atomic E-state index is -0.990. The highest BCUT2D eigenvalue weighted by Gasteiger charge is 2.08. The van der Waals surface area contributed by atoms with E-state index in [1.54, 1.807) is 7.11 Å². The fraction of sp³-hybridized carbons (Fsp3) is 0.462. The summed E-state index contributed by atoms with van der Waals surface area (Å²) in [6, 6.07) is 3.98. The summed E-state index contributed by atoms with van der Waals surface area (Å²) in [5, 5.41) is 2.45. The number of hydrogen-bond acceptors (Lipinski definition) is 4. The van der Waals surface area contributed by atoms with Crippen LogP contribution in [0.5, 0.6) is 0 Å². The third-order valence-electron chi connectivity index (χ3n) is 2.56. The van der Waals surface area contributed by atoms with Crippen molar-refractivity contribution >= 4 is 28.1 Å². The van der Waals surface area contributed by atoms with Gasteiger partial charge in [0, 0.05) is 41.5 Å². The van der Waals surface area contributed by atoms with E-state index in [0.717, 1.165) is 0 Å². The number of amides is 1. The van der Waals surface area contributed by atoms with Crippen LogP contribution >= 0.6 is 0 Å². The number of carbonyl (C=O) groups excluding carboxylic acids is 1. The van der Waals surface area contributed by atoms with Gasteiger partial charge in [-0.05, 0) is 24.6 Å². The highest BCUT2D eigenvalue weighted by atomic mass is 32.2. The lowest BCUT2D eigenvalue weighted by molar-refractivity contribution is -0.116. The van der Waals surface area contributed by atoms with Crippen molar-refractivity contribution in [3.8, 4) is 0 Å². The highest BCUT2D eigenvalue weighted by molar-refractivity contribution is 7.84. The number of methoxy groups -OCH3 is 1. The second-order valence-corrected chi connectivity index (χ2v) is 5.93. The zero-order chi connectivity index (χ0) is 15.0. The largest absolute Gasteiger partial charge is 0.399 e. The predicted octanol–water partition coefficient (Wildman–Crippen LogP) is 1.52. The molecule has 20 heavy (non-hydrogen) atoms. The van der Waals surface area contributed by atoms with Crippen molar-refractivity contribution in [2.24, 2.45) is 0 Å². The van der Waals surface area contributed by atoms with Gasteiger partial charge in [0.15, 0.2) is 0 Å². The van der Waals surface area contributed by atoms with Gasteiger partial charge in [0.1, 0.15) is 5.82 Å². The molecule has 1 aromatic rings. The molecule has 1 aromatic carbocycles. The molecule has 1 atom stereocenters. The zero-order valence-electron chi connectivity index (χ0n) is 11.4. The molecule has 0 aliphatic heterocycles. The lowest BCUT2D eigenvalue weighted by Crippen LogP contribution is -2.15. The van der Waals surface area contributed by atoms with Gasteiger partial charge in [-0.15, -0.1) is 0 Å². The smallest absolute Gasteiger partial charge is 0.224 e. The molecule has 0 aliphatic carbocycles. The number of benzene rings is 1. The van der Waals surface area contributed by atoms with E-state index in [9.17, 15) is 13.4 Å². The third-order valence-corrected chi connectivity index (χ3v) is 3.92. The summed E-state index contributed by atoms with van der Waals surface area (Å²) < 4.78 is 29.7. The summed E-state index contributed by atoms with van der Waals surface area (Å²) in [4.78, 5) is 11.6. The lowest BCUT2D eigenvalue weighted by atomic mass is 10.2. The van der Waals surface area contributed by atoms with E-state index in [1.807, 2.05) is 0 Å². The van der Waals surface area contributed by atoms with E-state index in [1.165, 1.54) is 18.2 Å². The Bertz CT molecular complexity index is 483. The molecule has 0 heterocycles. The lowest BCUT2D eigenvalue weighted by Gasteiger charge is -2.07. The number of nitrogens with one attached hydrogen (secondary N) is 1. The predicted molar refractivity (Wildman–Crippen MR) is 78.4 cm³/mol. The number of hydrogen-bond donors (Lipinski definition) is 2. The topological polar surface area (TPSA) is 81.4 Å². The Morgan fingerprint density at radius 3 is 2.90 bits per heavy atom. The number of rotatable bonds is 8. The molecular weight excluding hydrogens is 283 g/mol. The van der Waals surface area contributed by atoms with Crippen molar-refractivity contribution < 1.29 is 18.1 Å². The summed E-state index contributed by atoms with van der Waals surface area (Å²) in [6.07, 6.45) is 0.666. The highest BCUT2D eigenvalue weighted by Crippen LogP contribution is 2.17. The number of ether oxygens (including phenoxy) is 1. The van der Waals surface area contributed by atoms with Gasteiger partial charge in [-0.2, -0.15) is 0 Å². The van der Waals surface area contributed by atoms with Crippen molar-refractivity contribution in [1.29, 1.82) is 0 Å². The molecule has 0 saturated heterocycles. The van der Waals surface area contributed by atoms with Gasteiger partial charge >= 0.3 is 0 Å². The second kappa shape index (κ2) is 8.65. The average molecular weight is 302 g/mol. The quantitative estimate of drug-likeness (QED) is 0.713. The van der Waals surface area contributed by atoms with E-state index >= 15 is 0 Å². The molecule has 0 spiro atoms. The maximum Gasteiger partial charge on any atom is 0.224 e. The molecule has 1 rings (SSSR count). The Hall–Kier alpha value is -1.47. The Balaban J connectivity index is 2.33. The molecular formula is C13H19FN2O3S. The van der Waals surface area contributed by atoms with Crippen LogP contribution in [0.15, 0.2) is 18.2 Å². The van der Waals surface area contributed by atoms with Crippen LogP contribution in [0.1, 0.15) is 12.8 Å². The van der Waals surface area contributed by atoms with Crippen molar-refractivity contribution in [2.45, 2.75) is 12.8 Å². The van der Waals surface area contributed by atoms with Gasteiger partial charge in [-0.25, -0.2) is 4.39 Å². The standard InChI is InChI=1S/C13H19FN2O3S/c1-19-6-8-20(18)7-2-3-13(17)16-12-9-10(15)4-5-11(12)14/h4-5,9H,2-3,6-8,15H2,1H3,(H,16,17). The average Bonchev–Trinajstić information content (AvgIpc) is 2.40. The van der Waals surface area contributed by atoms with E-state index < -0.39 is 16.6 Å². The van der Waals surface area contributed by atoms with Gasteiger partial charge in [-0.3, -0.25) is 9.00 Å². The first-order valence-electron chi connectivity index (χ1n) is 6.21. The molecule has 7 heteroatoms. The first-order chi connectivity index (χ1) is 9.52. The maximum absolute atomic E-state index is 13.4. The van der Waals surface area contributed by atoms with E-state index in [4.69, 9.17) is 10.5 Å². The normalized spacial score (nSPS) is 12.1. The molecule has 3 N–H and O–H groups in total. The van der Waals surface area contributed by atoms with Crippen molar-refractivity contribution in [3.05, 3.63) is 24.0 Å². The van der Waals surface area contributed by atoms with Gasteiger partial charge in [-0.1, -0.05) is 0 Å². The molecule has 112 valence electrons. The number of nitrogens with two attached hydrogens (primary N) is 1. The number of nitrogen functional groups attached to an aromatic ring is 1. The van der Waals surface area contributed by atoms with E-state index in [-0.39, 0.29) is 18.0 Å². The van der Waals surface area contributed by atoms with Crippen LogP contribution in [0, 0.1) is 5.82 Å². The fourth-order valence-electron chi connectivity index (χ4n) is 1.52. The molecule has 0 radical (unpaired) electrons. The molecule has 0 fully saturated rings. The van der Waals surface area contributed by atoms with Gasteiger partial charge < -0.3 is 15.8 Å². The molecule has 0 aliphatic rings. The van der Waals surface area contributed by atoms with E-state index in [2.05, 4.69) is 5.32 Å². The number of anilines is 2. The number of halogens is 1. The summed E-state index contributed by atoms with van der Waals surface area (Å²) in [6.45, 7) is 0.438.